The summed E-state index contributed by atoms with van der Waals surface area (Å²) in [6.07, 6.45) is -5.72. The monoisotopic (exact) mass is 324 g/mol. The molecule has 11 heteroatoms. The van der Waals surface area contributed by atoms with Gasteiger partial charge in [-0.1, -0.05) is 6.07 Å². The highest BCUT2D eigenvalue weighted by Gasteiger charge is 2.34. The van der Waals surface area contributed by atoms with E-state index in [4.69, 9.17) is 0 Å². The minimum atomic E-state index is -4.46. The minimum Gasteiger partial charge on any atom is -0.244 e. The first kappa shape index (κ1) is 15.0. The van der Waals surface area contributed by atoms with Gasteiger partial charge in [-0.2, -0.15) is 21.6 Å². The Balaban J connectivity index is 2.16. The lowest BCUT2D eigenvalue weighted by atomic mass is 10.1. The highest BCUT2D eigenvalue weighted by atomic mass is 32.2. The summed E-state index contributed by atoms with van der Waals surface area (Å²) in [6, 6.07) is 4.46. The van der Waals surface area contributed by atoms with Crippen LogP contribution < -0.4 is 5.43 Å². The molecule has 1 aliphatic rings. The van der Waals surface area contributed by atoms with Crippen molar-refractivity contribution < 1.29 is 30.3 Å². The van der Waals surface area contributed by atoms with Gasteiger partial charge in [-0.3, -0.25) is 0 Å². The zero-order valence-corrected chi connectivity index (χ0v) is 10.8. The van der Waals surface area contributed by atoms with Gasteiger partial charge in [-0.05, 0) is 22.0 Å². The quantitative estimate of drug-likeness (QED) is 0.664. The summed E-state index contributed by atoms with van der Waals surface area (Å²) in [5.41, 5.74) is 1.33. The number of nitrogens with one attached hydrogen (secondary N) is 1. The summed E-state index contributed by atoms with van der Waals surface area (Å²) in [6.45, 7) is 0. The number of amidine groups is 1. The fourth-order valence-corrected chi connectivity index (χ4v) is 1.76. The molecule has 112 valence electrons. The number of nitrogens with zero attached hydrogens (tertiary/aromatic N) is 2. The predicted molar refractivity (Wildman–Crippen MR) is 63.1 cm³/mol. The Kier molecular flexibility index (Phi) is 3.73. The Morgan fingerprint density at radius 3 is 2.62 bits per heavy atom. The lowest BCUT2D eigenvalue weighted by Crippen LogP contribution is -2.11. The molecule has 0 fully saturated rings. The van der Waals surface area contributed by atoms with Gasteiger partial charge < -0.3 is 0 Å². The molecule has 0 spiro atoms. The Labute approximate surface area is 115 Å². The third-order valence-corrected chi connectivity index (χ3v) is 3.10. The summed E-state index contributed by atoms with van der Waals surface area (Å²) in [7, 11) is -4.20. The molecule has 0 saturated carbocycles. The van der Waals surface area contributed by atoms with E-state index in [0.29, 0.717) is 0 Å². The van der Waals surface area contributed by atoms with Crippen molar-refractivity contribution in [3.8, 4) is 6.07 Å². The molecule has 1 aromatic rings. The van der Waals surface area contributed by atoms with E-state index in [1.54, 1.807) is 0 Å². The van der Waals surface area contributed by atoms with Crippen molar-refractivity contribution in [3.63, 3.8) is 0 Å². The van der Waals surface area contributed by atoms with Crippen LogP contribution in [0, 0.1) is 11.9 Å². The normalized spacial score (nSPS) is 13.6. The fourth-order valence-electron chi connectivity index (χ4n) is 1.29. The molecule has 0 bridgehead atoms. The van der Waals surface area contributed by atoms with Crippen LogP contribution in [0.15, 0.2) is 23.3 Å². The van der Waals surface area contributed by atoms with Crippen molar-refractivity contribution in [1.82, 2.24) is 5.43 Å². The maximum atomic E-state index is 13.3. The minimum absolute atomic E-state index is 0.224. The number of rotatable bonds is 2. The second-order valence-electron chi connectivity index (χ2n) is 3.87. The summed E-state index contributed by atoms with van der Waals surface area (Å²) in [5, 5.41) is 5.57. The van der Waals surface area contributed by atoms with Crippen molar-refractivity contribution in [2.75, 3.05) is 0 Å². The maximum Gasteiger partial charge on any atom is 0.449 e. The van der Waals surface area contributed by atoms with E-state index in [0.717, 1.165) is 18.2 Å². The van der Waals surface area contributed by atoms with E-state index in [-0.39, 0.29) is 5.56 Å². The van der Waals surface area contributed by atoms with E-state index in [1.165, 1.54) is 0 Å². The van der Waals surface area contributed by atoms with E-state index in [1.807, 2.05) is 11.5 Å². The standard InChI is InChI=1S/C10H6F4N3O3S/c11-8-2-1-6(4-10(12,13)14)3-7(8)5-15-20-21(18,19)9-16-17-9/h1-3H,4H2,(H,16,17)/q+1. The number of hydrazone groups is 1. The molecule has 6 nitrogen and oxygen atoms in total. The molecule has 0 aromatic heterocycles. The smallest absolute Gasteiger partial charge is 0.244 e. The average molecular weight is 324 g/mol. The van der Waals surface area contributed by atoms with Crippen molar-refractivity contribution >= 4 is 15.3 Å². The molecule has 1 aromatic carbocycles. The first-order valence-electron chi connectivity index (χ1n) is 5.26. The zero-order chi connectivity index (χ0) is 15.7. The van der Waals surface area contributed by atoms with Gasteiger partial charge in [-0.15, -0.1) is 5.10 Å². The predicted octanol–water partition coefficient (Wildman–Crippen LogP) is 1.75. The van der Waals surface area contributed by atoms with Crippen LogP contribution in [0.25, 0.3) is 5.01 Å². The number of alkyl halides is 3. The molecule has 1 heterocycles. The molecule has 2 rings (SSSR count). The third-order valence-electron chi connectivity index (χ3n) is 2.18. The summed E-state index contributed by atoms with van der Waals surface area (Å²) in [5.74, 6) is -0.924. The van der Waals surface area contributed by atoms with Crippen molar-refractivity contribution in [2.45, 2.75) is 12.6 Å². The van der Waals surface area contributed by atoms with Crippen LogP contribution in [0.5, 0.6) is 0 Å². The van der Waals surface area contributed by atoms with Crippen LogP contribution in [0.2, 0.25) is 0 Å². The Morgan fingerprint density at radius 2 is 2.05 bits per heavy atom. The summed E-state index contributed by atoms with van der Waals surface area (Å²) in [4.78, 5) is 0. The van der Waals surface area contributed by atoms with Crippen molar-refractivity contribution in [3.05, 3.63) is 40.2 Å². The molecule has 1 aliphatic heterocycles. The number of halogens is 4. The first-order valence-corrected chi connectivity index (χ1v) is 6.67. The van der Waals surface area contributed by atoms with Gasteiger partial charge >= 0.3 is 27.5 Å². The number of hydrogen-bond acceptors (Lipinski definition) is 5. The van der Waals surface area contributed by atoms with Gasteiger partial charge in [0.1, 0.15) is 11.4 Å². The van der Waals surface area contributed by atoms with Gasteiger partial charge in [0.25, 0.3) is 0 Å². The van der Waals surface area contributed by atoms with E-state index in [9.17, 15) is 26.0 Å². The molecule has 0 aliphatic carbocycles. The lowest BCUT2D eigenvalue weighted by Gasteiger charge is -2.05. The Bertz CT molecular complexity index is 762. The van der Waals surface area contributed by atoms with Crippen LogP contribution >= 0.6 is 0 Å². The SMILES string of the molecule is O=S(=O)(O[N+]#Cc1cc(CC(F)(F)F)ccc1F)C1=NN1. The first-order chi connectivity index (χ1) is 9.67. The van der Waals surface area contributed by atoms with Gasteiger partial charge in [-0.25, -0.2) is 9.82 Å². The van der Waals surface area contributed by atoms with E-state index in [2.05, 4.69) is 14.4 Å². The molecule has 0 unspecified atom stereocenters. The van der Waals surface area contributed by atoms with Crippen LogP contribution in [-0.2, 0) is 20.8 Å². The van der Waals surface area contributed by atoms with Crippen molar-refractivity contribution in [1.29, 1.82) is 0 Å². The highest BCUT2D eigenvalue weighted by molar-refractivity contribution is 8.02. The summed E-state index contributed by atoms with van der Waals surface area (Å²) >= 11 is 0. The second-order valence-corrected chi connectivity index (χ2v) is 5.31. The molecule has 0 amide bonds. The van der Waals surface area contributed by atoms with Crippen LogP contribution in [0.4, 0.5) is 17.6 Å². The maximum absolute atomic E-state index is 13.3. The number of benzene rings is 1. The van der Waals surface area contributed by atoms with Gasteiger partial charge in [0, 0.05) is 0 Å². The topological polar surface area (TPSA) is 82.0 Å². The Morgan fingerprint density at radius 1 is 1.38 bits per heavy atom. The summed E-state index contributed by atoms with van der Waals surface area (Å²) < 4.78 is 76.3. The average Bonchev–Trinajstić information content (AvgIpc) is 3.15. The van der Waals surface area contributed by atoms with Crippen LogP contribution in [-0.4, -0.2) is 19.8 Å². The fraction of sp³-hybridized carbons (Fsp3) is 0.200. The molecular formula is C10H6F4N3O3S+. The molecule has 0 saturated heterocycles. The van der Waals surface area contributed by atoms with Gasteiger partial charge in [0.05, 0.1) is 6.42 Å². The largest absolute Gasteiger partial charge is 0.449 e. The molecule has 1 N–H and O–H groups in total. The van der Waals surface area contributed by atoms with E-state index >= 15 is 0 Å². The van der Waals surface area contributed by atoms with Crippen LogP contribution in [0.3, 0.4) is 0 Å². The lowest BCUT2D eigenvalue weighted by molar-refractivity contribution is -0.127. The van der Waals surface area contributed by atoms with Crippen molar-refractivity contribution in [2.24, 2.45) is 5.10 Å². The zero-order valence-electron chi connectivity index (χ0n) is 9.98. The van der Waals surface area contributed by atoms with Gasteiger partial charge in [0.15, 0.2) is 0 Å². The second kappa shape index (κ2) is 5.21. The molecule has 0 atom stereocenters. The molecule has 21 heavy (non-hydrogen) atoms. The van der Waals surface area contributed by atoms with Crippen LogP contribution in [0.1, 0.15) is 11.1 Å². The Hall–Kier alpha value is -2.35. The molecule has 0 radical (unpaired) electrons. The number of hydrogen-bond donors (Lipinski definition) is 1. The molecular weight excluding hydrogens is 318 g/mol. The van der Waals surface area contributed by atoms with Gasteiger partial charge in [0.2, 0.25) is 5.01 Å². The third kappa shape index (κ3) is 4.32. The highest BCUT2D eigenvalue weighted by Crippen LogP contribution is 2.22. The van der Waals surface area contributed by atoms with E-state index < -0.39 is 39.3 Å².